The first kappa shape index (κ1) is 22.8. The summed E-state index contributed by atoms with van der Waals surface area (Å²) in [7, 11) is 0. The van der Waals surface area contributed by atoms with Gasteiger partial charge in [-0.3, -0.25) is 14.9 Å². The Morgan fingerprint density at radius 1 is 0.833 bits per heavy atom. The molecule has 1 aliphatic heterocycles. The minimum absolute atomic E-state index is 0. The fourth-order valence-electron chi connectivity index (χ4n) is 3.63. The van der Waals surface area contributed by atoms with E-state index in [1.807, 2.05) is 6.07 Å². The molecular formula is C23H30MnN6+2. The van der Waals surface area contributed by atoms with E-state index in [4.69, 9.17) is 4.98 Å². The third-order valence-corrected chi connectivity index (χ3v) is 5.25. The summed E-state index contributed by atoms with van der Waals surface area (Å²) in [5.74, 6) is 0. The van der Waals surface area contributed by atoms with Gasteiger partial charge in [0.1, 0.15) is 0 Å². The molecule has 0 aliphatic carbocycles. The SMILES string of the molecule is [Mn+2].c1cc2nc(c1)CNCCN(CCNCc1ccc3ccccc3n1)CCNC2. The van der Waals surface area contributed by atoms with E-state index in [0.29, 0.717) is 0 Å². The van der Waals surface area contributed by atoms with E-state index in [1.54, 1.807) is 0 Å². The molecule has 4 rings (SSSR count). The number of nitrogens with one attached hydrogen (secondary N) is 3. The molecule has 3 heterocycles. The van der Waals surface area contributed by atoms with Crippen molar-refractivity contribution in [1.29, 1.82) is 0 Å². The maximum absolute atomic E-state index is 4.74. The maximum Gasteiger partial charge on any atom is 2.00 e. The van der Waals surface area contributed by atoms with Gasteiger partial charge in [-0.25, -0.2) is 0 Å². The zero-order chi connectivity index (χ0) is 19.7. The van der Waals surface area contributed by atoms with Gasteiger partial charge in [-0.15, -0.1) is 0 Å². The zero-order valence-corrected chi connectivity index (χ0v) is 18.5. The molecule has 0 saturated carbocycles. The number of fused-ring (bicyclic) bond motifs is 3. The molecule has 1 radical (unpaired) electrons. The number of benzene rings is 1. The normalized spacial score (nSPS) is 15.7. The van der Waals surface area contributed by atoms with Crippen LogP contribution in [0.3, 0.4) is 0 Å². The Hall–Kier alpha value is -1.86. The quantitative estimate of drug-likeness (QED) is 0.412. The number of para-hydroxylation sites is 1. The van der Waals surface area contributed by atoms with Gasteiger partial charge in [0, 0.05) is 64.3 Å². The standard InChI is InChI=1S/C23H30N6.Mn/c1-2-7-23-19(4-1)8-9-22(28-23)18-26-12-15-29-13-10-24-16-20-5-3-6-21(27-20)17-25-11-14-29;/h1-9,24-26H,10-18H2;/q;+2. The molecule has 30 heavy (non-hydrogen) atoms. The molecule has 1 aliphatic rings. The third-order valence-electron chi connectivity index (χ3n) is 5.25. The van der Waals surface area contributed by atoms with Crippen LogP contribution in [-0.2, 0) is 36.7 Å². The van der Waals surface area contributed by atoms with E-state index in [1.165, 1.54) is 5.39 Å². The summed E-state index contributed by atoms with van der Waals surface area (Å²) in [6.45, 7) is 8.46. The molecule has 0 unspecified atom stereocenters. The fraction of sp³-hybridized carbons (Fsp3) is 0.391. The minimum atomic E-state index is 0. The van der Waals surface area contributed by atoms with Crippen LogP contribution in [0.4, 0.5) is 0 Å². The van der Waals surface area contributed by atoms with Gasteiger partial charge in [-0.2, -0.15) is 0 Å². The largest absolute Gasteiger partial charge is 2.00 e. The molecule has 1 aromatic carbocycles. The van der Waals surface area contributed by atoms with Crippen molar-refractivity contribution in [2.75, 3.05) is 39.3 Å². The molecular weight excluding hydrogens is 415 g/mol. The number of pyridine rings is 2. The van der Waals surface area contributed by atoms with Crippen molar-refractivity contribution >= 4 is 10.9 Å². The molecule has 0 atom stereocenters. The molecule has 7 heteroatoms. The maximum atomic E-state index is 4.74. The van der Waals surface area contributed by atoms with E-state index in [2.05, 4.69) is 74.4 Å². The van der Waals surface area contributed by atoms with Gasteiger partial charge in [0.2, 0.25) is 0 Å². The van der Waals surface area contributed by atoms with Gasteiger partial charge in [0.05, 0.1) is 22.6 Å². The Morgan fingerprint density at radius 2 is 1.57 bits per heavy atom. The topological polar surface area (TPSA) is 65.1 Å². The number of hydrogen-bond acceptors (Lipinski definition) is 6. The minimum Gasteiger partial charge on any atom is -0.310 e. The van der Waals surface area contributed by atoms with Crippen molar-refractivity contribution in [1.82, 2.24) is 30.8 Å². The van der Waals surface area contributed by atoms with Crippen LogP contribution in [0.5, 0.6) is 0 Å². The Morgan fingerprint density at radius 3 is 2.33 bits per heavy atom. The number of rotatable bonds is 5. The average molecular weight is 445 g/mol. The first-order chi connectivity index (χ1) is 14.4. The summed E-state index contributed by atoms with van der Waals surface area (Å²) in [6.07, 6.45) is 0. The molecule has 157 valence electrons. The number of hydrogen-bond donors (Lipinski definition) is 3. The fourth-order valence-corrected chi connectivity index (χ4v) is 3.63. The second-order valence-electron chi connectivity index (χ2n) is 7.49. The van der Waals surface area contributed by atoms with Crippen LogP contribution in [0.15, 0.2) is 54.6 Å². The summed E-state index contributed by atoms with van der Waals surface area (Å²) in [4.78, 5) is 11.9. The molecule has 3 aromatic rings. The predicted molar refractivity (Wildman–Crippen MR) is 118 cm³/mol. The van der Waals surface area contributed by atoms with Gasteiger partial charge in [-0.05, 0) is 24.3 Å². The van der Waals surface area contributed by atoms with Gasteiger partial charge in [0.25, 0.3) is 0 Å². The molecule has 2 aromatic heterocycles. The Labute approximate surface area is 189 Å². The molecule has 3 N–H and O–H groups in total. The van der Waals surface area contributed by atoms with E-state index in [-0.39, 0.29) is 17.1 Å². The first-order valence-electron chi connectivity index (χ1n) is 10.5. The summed E-state index contributed by atoms with van der Waals surface area (Å²) < 4.78 is 0. The summed E-state index contributed by atoms with van der Waals surface area (Å²) in [5, 5.41) is 11.8. The first-order valence-corrected chi connectivity index (χ1v) is 10.5. The second kappa shape index (κ2) is 12.1. The molecule has 0 spiro atoms. The van der Waals surface area contributed by atoms with Gasteiger partial charge in [0.15, 0.2) is 0 Å². The molecule has 0 saturated heterocycles. The molecule has 6 nitrogen and oxygen atoms in total. The predicted octanol–water partition coefficient (Wildman–Crippen LogP) is 1.91. The van der Waals surface area contributed by atoms with Crippen LogP contribution in [0.25, 0.3) is 10.9 Å². The number of aromatic nitrogens is 2. The van der Waals surface area contributed by atoms with E-state index < -0.39 is 0 Å². The van der Waals surface area contributed by atoms with Crippen molar-refractivity contribution in [3.05, 3.63) is 71.7 Å². The van der Waals surface area contributed by atoms with Crippen LogP contribution in [-0.4, -0.2) is 54.1 Å². The van der Waals surface area contributed by atoms with Crippen molar-refractivity contribution in [3.8, 4) is 0 Å². The Bertz CT molecular complexity index is 892. The van der Waals surface area contributed by atoms with E-state index >= 15 is 0 Å². The van der Waals surface area contributed by atoms with Crippen LogP contribution in [0.2, 0.25) is 0 Å². The molecule has 2 bridgehead atoms. The summed E-state index contributed by atoms with van der Waals surface area (Å²) in [6, 6.07) is 18.8. The van der Waals surface area contributed by atoms with Crippen LogP contribution in [0, 0.1) is 0 Å². The van der Waals surface area contributed by atoms with Crippen molar-refractivity contribution in [3.63, 3.8) is 0 Å². The van der Waals surface area contributed by atoms with Crippen LogP contribution in [0.1, 0.15) is 17.1 Å². The zero-order valence-electron chi connectivity index (χ0n) is 17.3. The third kappa shape index (κ3) is 6.84. The smallest absolute Gasteiger partial charge is 0.310 e. The van der Waals surface area contributed by atoms with Crippen LogP contribution >= 0.6 is 0 Å². The Balaban J connectivity index is 0.00000256. The van der Waals surface area contributed by atoms with Crippen molar-refractivity contribution in [2.24, 2.45) is 0 Å². The van der Waals surface area contributed by atoms with Crippen molar-refractivity contribution < 1.29 is 17.1 Å². The summed E-state index contributed by atoms with van der Waals surface area (Å²) in [5.41, 5.74) is 4.38. The van der Waals surface area contributed by atoms with Gasteiger partial charge in [-0.1, -0.05) is 30.3 Å². The van der Waals surface area contributed by atoms with Crippen LogP contribution < -0.4 is 16.0 Å². The average Bonchev–Trinajstić information content (AvgIpc) is 2.76. The van der Waals surface area contributed by atoms with E-state index in [9.17, 15) is 0 Å². The second-order valence-corrected chi connectivity index (χ2v) is 7.49. The van der Waals surface area contributed by atoms with Crippen molar-refractivity contribution in [2.45, 2.75) is 19.6 Å². The Kier molecular flexibility index (Phi) is 9.21. The molecule has 0 fully saturated rings. The summed E-state index contributed by atoms with van der Waals surface area (Å²) >= 11 is 0. The monoisotopic (exact) mass is 445 g/mol. The van der Waals surface area contributed by atoms with E-state index in [0.717, 1.165) is 81.5 Å². The molecule has 0 amide bonds. The van der Waals surface area contributed by atoms with Gasteiger partial charge >= 0.3 is 17.1 Å². The number of nitrogens with zero attached hydrogens (tertiary/aromatic N) is 3. The van der Waals surface area contributed by atoms with Gasteiger partial charge < -0.3 is 16.0 Å².